The molecule has 1 aliphatic rings. The highest BCUT2D eigenvalue weighted by Crippen LogP contribution is 2.32. The summed E-state index contributed by atoms with van der Waals surface area (Å²) in [5, 5.41) is 6.81. The van der Waals surface area contributed by atoms with Crippen molar-refractivity contribution >= 4 is 45.7 Å². The van der Waals surface area contributed by atoms with Gasteiger partial charge in [0, 0.05) is 47.3 Å². The molecule has 3 heterocycles. The number of pyridine rings is 2. The maximum Gasteiger partial charge on any atom is 0.196 e. The third-order valence-electron chi connectivity index (χ3n) is 6.84. The van der Waals surface area contributed by atoms with Crippen molar-refractivity contribution in [3.63, 3.8) is 0 Å². The summed E-state index contributed by atoms with van der Waals surface area (Å²) in [6, 6.07) is 21.8. The fraction of sp³-hybridized carbons (Fsp3) is 0.118. The predicted molar refractivity (Wildman–Crippen MR) is 168 cm³/mol. The molecule has 8 heteroatoms. The summed E-state index contributed by atoms with van der Waals surface area (Å²) in [5.41, 5.74) is 6.75. The second kappa shape index (κ2) is 12.3. The Bertz CT molecular complexity index is 1650. The molecule has 0 aliphatic carbocycles. The summed E-state index contributed by atoms with van der Waals surface area (Å²) in [5.74, 6) is -0.362. The quantitative estimate of drug-likeness (QED) is 0.253. The number of nitrogens with one attached hydrogen (secondary N) is 2. The van der Waals surface area contributed by atoms with Crippen LogP contribution in [-0.4, -0.2) is 33.0 Å². The van der Waals surface area contributed by atoms with E-state index in [1.165, 1.54) is 0 Å². The van der Waals surface area contributed by atoms with E-state index >= 15 is 0 Å². The Morgan fingerprint density at radius 3 is 1.26 bits per heavy atom. The lowest BCUT2D eigenvalue weighted by atomic mass is 9.98. The zero-order valence-corrected chi connectivity index (χ0v) is 23.8. The molecule has 5 rings (SSSR count). The molecule has 2 aromatic carbocycles. The van der Waals surface area contributed by atoms with Crippen LogP contribution in [0, 0.1) is 0 Å². The lowest BCUT2D eigenvalue weighted by Gasteiger charge is -2.19. The van der Waals surface area contributed by atoms with Gasteiger partial charge in [0.05, 0.1) is 45.3 Å². The number of carbonyl (C=O) groups is 2. The molecule has 0 atom stereocenters. The fourth-order valence-electron chi connectivity index (χ4n) is 4.86. The minimum absolute atomic E-state index is 0.181. The molecule has 208 valence electrons. The maximum absolute atomic E-state index is 13.8. The Hall–Kier alpha value is -5.50. The Balaban J connectivity index is 1.75. The highest BCUT2D eigenvalue weighted by atomic mass is 16.1. The van der Waals surface area contributed by atoms with Gasteiger partial charge in [-0.15, -0.1) is 0 Å². The molecule has 42 heavy (non-hydrogen) atoms. The summed E-state index contributed by atoms with van der Waals surface area (Å²) in [7, 11) is 0. The number of allylic oxidation sites excluding steroid dienone is 4. The number of carbonyl (C=O) groups excluding carboxylic acids is 2. The number of hydrogen-bond acceptors (Lipinski definition) is 8. The first-order valence-corrected chi connectivity index (χ1v) is 13.5. The van der Waals surface area contributed by atoms with Crippen molar-refractivity contribution in [2.75, 3.05) is 10.6 Å². The Labute approximate surface area is 244 Å². The Morgan fingerprint density at radius 1 is 0.524 bits per heavy atom. The van der Waals surface area contributed by atoms with Crippen LogP contribution in [0.5, 0.6) is 0 Å². The van der Waals surface area contributed by atoms with Crippen molar-refractivity contribution < 1.29 is 9.59 Å². The molecule has 0 unspecified atom stereocenters. The number of ketones is 2. The third-order valence-corrected chi connectivity index (χ3v) is 6.84. The van der Waals surface area contributed by atoms with Gasteiger partial charge in [-0.3, -0.25) is 29.5 Å². The average Bonchev–Trinajstić information content (AvgIpc) is 2.99. The molecule has 0 fully saturated rings. The van der Waals surface area contributed by atoms with Gasteiger partial charge in [0.25, 0.3) is 0 Å². The number of nitrogens with zero attached hydrogens (tertiary/aromatic N) is 4. The summed E-state index contributed by atoms with van der Waals surface area (Å²) in [4.78, 5) is 45.6. The molecule has 0 saturated carbocycles. The molecule has 4 aromatic rings. The van der Waals surface area contributed by atoms with Gasteiger partial charge >= 0.3 is 0 Å². The van der Waals surface area contributed by atoms with Gasteiger partial charge in [-0.2, -0.15) is 0 Å². The summed E-state index contributed by atoms with van der Waals surface area (Å²) >= 11 is 0. The smallest absolute Gasteiger partial charge is 0.196 e. The number of fused-ring (bicyclic) bond motifs is 2. The van der Waals surface area contributed by atoms with Crippen LogP contribution in [0.4, 0.5) is 22.7 Å². The Kier molecular flexibility index (Phi) is 8.24. The molecule has 2 N–H and O–H groups in total. The monoisotopic (exact) mass is 554 g/mol. The first kappa shape index (κ1) is 28.0. The number of rotatable bonds is 4. The summed E-state index contributed by atoms with van der Waals surface area (Å²) < 4.78 is 0. The van der Waals surface area contributed by atoms with Crippen LogP contribution in [-0.2, 0) is 0 Å². The minimum Gasteiger partial charge on any atom is -0.357 e. The number of benzene rings is 2. The van der Waals surface area contributed by atoms with E-state index in [1.54, 1.807) is 49.1 Å². The van der Waals surface area contributed by atoms with Crippen LogP contribution < -0.4 is 10.6 Å². The van der Waals surface area contributed by atoms with E-state index in [1.807, 2.05) is 76.2 Å². The van der Waals surface area contributed by atoms with E-state index in [0.29, 0.717) is 67.8 Å². The van der Waals surface area contributed by atoms with E-state index in [2.05, 4.69) is 20.6 Å². The molecule has 1 aliphatic heterocycles. The molecular formula is C34H30N6O2. The second-order valence-electron chi connectivity index (χ2n) is 9.81. The lowest BCUT2D eigenvalue weighted by molar-refractivity contribution is 0.103. The van der Waals surface area contributed by atoms with Crippen molar-refractivity contribution in [3.8, 4) is 0 Å². The predicted octanol–water partition coefficient (Wildman–Crippen LogP) is 7.51. The standard InChI is InChI=1S/C34H30N6O2/c1-21-31(33(41)25-13-17-35-18-14-25)22(2)38-29-11-7-8-12-30(29)40-24(4)32(34(42)26-15-19-36-20-16-26)23(3)39-28-10-6-5-9-27(28)37-21/h5-20,37,40H,1-4H3/b31-21+,32-24+,38-22?,39-23?. The molecule has 8 nitrogen and oxygen atoms in total. The highest BCUT2D eigenvalue weighted by molar-refractivity contribution is 6.29. The van der Waals surface area contributed by atoms with Crippen molar-refractivity contribution in [1.82, 2.24) is 9.97 Å². The van der Waals surface area contributed by atoms with Gasteiger partial charge < -0.3 is 10.6 Å². The van der Waals surface area contributed by atoms with E-state index in [-0.39, 0.29) is 11.6 Å². The van der Waals surface area contributed by atoms with Crippen LogP contribution in [0.1, 0.15) is 48.4 Å². The van der Waals surface area contributed by atoms with Gasteiger partial charge in [0.15, 0.2) is 11.6 Å². The molecule has 0 amide bonds. The van der Waals surface area contributed by atoms with E-state index in [9.17, 15) is 9.59 Å². The van der Waals surface area contributed by atoms with Crippen molar-refractivity contribution in [2.24, 2.45) is 9.98 Å². The van der Waals surface area contributed by atoms with Crippen LogP contribution in [0.2, 0.25) is 0 Å². The van der Waals surface area contributed by atoms with Crippen molar-refractivity contribution in [2.45, 2.75) is 27.7 Å². The number of hydrogen-bond donors (Lipinski definition) is 2. The first-order valence-electron chi connectivity index (χ1n) is 13.5. The SMILES string of the molecule is CC1=Nc2ccccc2N/C(C)=C(/C(=O)c2ccncc2)C(C)=Nc2ccccc2N/C(C)=C\1C(=O)c1ccncc1. The average molecular weight is 555 g/mol. The molecule has 2 aromatic heterocycles. The number of aliphatic imine (C=N–C) groups is 2. The van der Waals surface area contributed by atoms with Crippen LogP contribution >= 0.6 is 0 Å². The van der Waals surface area contributed by atoms with Gasteiger partial charge in [0.2, 0.25) is 0 Å². The first-order chi connectivity index (χ1) is 20.3. The lowest BCUT2D eigenvalue weighted by Crippen LogP contribution is -2.18. The van der Waals surface area contributed by atoms with Gasteiger partial charge in [-0.05, 0) is 76.2 Å². The number of Topliss-reactive ketones (excluding diaryl/α,β-unsaturated/α-hetero) is 2. The van der Waals surface area contributed by atoms with Gasteiger partial charge in [-0.25, -0.2) is 0 Å². The van der Waals surface area contributed by atoms with Crippen molar-refractivity contribution in [3.05, 3.63) is 131 Å². The number of para-hydroxylation sites is 4. The van der Waals surface area contributed by atoms with Gasteiger partial charge in [-0.1, -0.05) is 24.3 Å². The molecule has 0 spiro atoms. The molecule has 0 saturated heterocycles. The van der Waals surface area contributed by atoms with E-state index in [4.69, 9.17) is 9.98 Å². The third kappa shape index (κ3) is 5.97. The zero-order chi connectivity index (χ0) is 29.6. The fourth-order valence-corrected chi connectivity index (χ4v) is 4.86. The van der Waals surface area contributed by atoms with Crippen LogP contribution in [0.3, 0.4) is 0 Å². The molecule has 0 radical (unpaired) electrons. The van der Waals surface area contributed by atoms with Crippen LogP contribution in [0.15, 0.2) is 130 Å². The minimum atomic E-state index is -0.181. The van der Waals surface area contributed by atoms with E-state index < -0.39 is 0 Å². The number of anilines is 2. The second-order valence-corrected chi connectivity index (χ2v) is 9.81. The number of aromatic nitrogens is 2. The highest BCUT2D eigenvalue weighted by Gasteiger charge is 2.22. The normalized spacial score (nSPS) is 17.3. The van der Waals surface area contributed by atoms with Crippen LogP contribution in [0.25, 0.3) is 0 Å². The summed E-state index contributed by atoms with van der Waals surface area (Å²) in [6.07, 6.45) is 6.38. The summed E-state index contributed by atoms with van der Waals surface area (Å²) in [6.45, 7) is 7.33. The Morgan fingerprint density at radius 2 is 0.881 bits per heavy atom. The zero-order valence-electron chi connectivity index (χ0n) is 23.8. The maximum atomic E-state index is 13.8. The van der Waals surface area contributed by atoms with Gasteiger partial charge in [0.1, 0.15) is 0 Å². The van der Waals surface area contributed by atoms with Crippen molar-refractivity contribution in [1.29, 1.82) is 0 Å². The molecular weight excluding hydrogens is 524 g/mol. The van der Waals surface area contributed by atoms with E-state index in [0.717, 1.165) is 0 Å². The topological polar surface area (TPSA) is 109 Å². The molecule has 0 bridgehead atoms. The largest absolute Gasteiger partial charge is 0.357 e.